The van der Waals surface area contributed by atoms with Gasteiger partial charge in [-0.25, -0.2) is 13.2 Å². The van der Waals surface area contributed by atoms with Crippen molar-refractivity contribution in [2.75, 3.05) is 45.6 Å². The average molecular weight is 452 g/mol. The van der Waals surface area contributed by atoms with E-state index in [-0.39, 0.29) is 25.6 Å². The molecule has 1 aromatic rings. The van der Waals surface area contributed by atoms with Crippen molar-refractivity contribution in [1.82, 2.24) is 14.1 Å². The van der Waals surface area contributed by atoms with Crippen LogP contribution < -0.4 is 0 Å². The van der Waals surface area contributed by atoms with Gasteiger partial charge in [0.15, 0.2) is 0 Å². The maximum atomic E-state index is 12.6. The van der Waals surface area contributed by atoms with Gasteiger partial charge in [-0.1, -0.05) is 29.3 Å². The number of benzene rings is 1. The Hall–Kier alpha value is -1.55. The summed E-state index contributed by atoms with van der Waals surface area (Å²) in [6.45, 7) is 3.06. The Morgan fingerprint density at radius 3 is 2.25 bits per heavy atom. The summed E-state index contributed by atoms with van der Waals surface area (Å²) in [7, 11) is -3.63. The summed E-state index contributed by atoms with van der Waals surface area (Å²) in [6, 6.07) is 4.82. The van der Waals surface area contributed by atoms with E-state index < -0.39 is 16.1 Å². The molecule has 1 saturated heterocycles. The predicted octanol–water partition coefficient (Wildman–Crippen LogP) is 2.06. The van der Waals surface area contributed by atoms with E-state index in [1.165, 1.54) is 4.90 Å². The maximum absolute atomic E-state index is 12.6. The summed E-state index contributed by atoms with van der Waals surface area (Å²) in [4.78, 5) is 27.4. The number of piperazine rings is 1. The minimum absolute atomic E-state index is 0.00422. The second-order valence-electron chi connectivity index (χ2n) is 6.35. The average Bonchev–Trinajstić information content (AvgIpc) is 2.63. The van der Waals surface area contributed by atoms with Crippen LogP contribution in [0.4, 0.5) is 4.79 Å². The predicted molar refractivity (Wildman–Crippen MR) is 107 cm³/mol. The first kappa shape index (κ1) is 22.7. The number of carbonyl (C=O) groups excluding carboxylic acids is 2. The van der Waals surface area contributed by atoms with Gasteiger partial charge in [0, 0.05) is 32.7 Å². The molecule has 11 heteroatoms. The zero-order chi connectivity index (χ0) is 20.9. The van der Waals surface area contributed by atoms with Crippen LogP contribution in [-0.2, 0) is 26.1 Å². The highest BCUT2D eigenvalue weighted by Gasteiger charge is 2.28. The zero-order valence-corrected chi connectivity index (χ0v) is 18.1. The Bertz CT molecular complexity index is 826. The minimum atomic E-state index is -3.63. The summed E-state index contributed by atoms with van der Waals surface area (Å²) >= 11 is 11.9. The Kier molecular flexibility index (Phi) is 7.94. The molecule has 0 N–H and O–H groups in total. The zero-order valence-electron chi connectivity index (χ0n) is 15.7. The fraction of sp³-hybridized carbons (Fsp3) is 0.529. The van der Waals surface area contributed by atoms with Crippen LogP contribution in [0.1, 0.15) is 12.5 Å². The third kappa shape index (κ3) is 6.23. The highest BCUT2D eigenvalue weighted by molar-refractivity contribution is 7.88. The van der Waals surface area contributed by atoms with Gasteiger partial charge in [0.2, 0.25) is 15.9 Å². The molecule has 156 valence electrons. The molecule has 1 aliphatic rings. The van der Waals surface area contributed by atoms with Gasteiger partial charge in [0.05, 0.1) is 29.5 Å². The van der Waals surface area contributed by atoms with Crippen molar-refractivity contribution < 1.29 is 22.7 Å². The molecule has 0 radical (unpaired) electrons. The van der Waals surface area contributed by atoms with Crippen LogP contribution in [0, 0.1) is 0 Å². The monoisotopic (exact) mass is 451 g/mol. The second kappa shape index (κ2) is 9.78. The summed E-state index contributed by atoms with van der Waals surface area (Å²) in [5.41, 5.74) is 0.625. The van der Waals surface area contributed by atoms with Gasteiger partial charge in [0.1, 0.15) is 0 Å². The first-order chi connectivity index (χ1) is 13.1. The topological polar surface area (TPSA) is 87.2 Å². The lowest BCUT2D eigenvalue weighted by Crippen LogP contribution is -2.53. The summed E-state index contributed by atoms with van der Waals surface area (Å²) in [5.74, 6) is -0.325. The smallest absolute Gasteiger partial charge is 0.409 e. The summed E-state index contributed by atoms with van der Waals surface area (Å²) < 4.78 is 30.3. The van der Waals surface area contributed by atoms with Gasteiger partial charge in [-0.3, -0.25) is 4.79 Å². The van der Waals surface area contributed by atoms with Crippen molar-refractivity contribution in [3.8, 4) is 0 Å². The van der Waals surface area contributed by atoms with Gasteiger partial charge in [-0.15, -0.1) is 0 Å². The van der Waals surface area contributed by atoms with E-state index in [9.17, 15) is 18.0 Å². The van der Waals surface area contributed by atoms with Gasteiger partial charge < -0.3 is 14.5 Å². The molecule has 8 nitrogen and oxygen atoms in total. The van der Waals surface area contributed by atoms with E-state index in [1.807, 2.05) is 0 Å². The minimum Gasteiger partial charge on any atom is -0.450 e. The molecule has 0 aliphatic carbocycles. The van der Waals surface area contributed by atoms with Gasteiger partial charge in [-0.05, 0) is 24.6 Å². The first-order valence-corrected chi connectivity index (χ1v) is 11.3. The van der Waals surface area contributed by atoms with E-state index in [2.05, 4.69) is 0 Å². The number of ether oxygens (including phenoxy) is 1. The molecule has 0 unspecified atom stereocenters. The molecule has 0 bridgehead atoms. The van der Waals surface area contributed by atoms with E-state index in [1.54, 1.807) is 30.0 Å². The number of halogens is 2. The van der Waals surface area contributed by atoms with Gasteiger partial charge >= 0.3 is 6.09 Å². The van der Waals surface area contributed by atoms with Gasteiger partial charge in [0.25, 0.3) is 0 Å². The number of nitrogens with zero attached hydrogens (tertiary/aromatic N) is 3. The lowest BCUT2D eigenvalue weighted by Gasteiger charge is -2.35. The van der Waals surface area contributed by atoms with Gasteiger partial charge in [-0.2, -0.15) is 4.31 Å². The van der Waals surface area contributed by atoms with Crippen LogP contribution in [0.3, 0.4) is 0 Å². The standard InChI is InChI=1S/C17H23Cl2N3O5S/c1-3-27-17(24)21-8-6-20(7-9-21)16(23)12-22(28(2,25)26)11-13-4-5-14(18)15(19)10-13/h4-5,10H,3,6-9,11-12H2,1-2H3. The first-order valence-electron chi connectivity index (χ1n) is 8.70. The number of hydrogen-bond donors (Lipinski definition) is 0. The normalized spacial score (nSPS) is 15.0. The molecular weight excluding hydrogens is 429 g/mol. The molecule has 1 heterocycles. The number of rotatable bonds is 6. The fourth-order valence-corrected chi connectivity index (χ4v) is 3.79. The molecule has 2 rings (SSSR count). The van der Waals surface area contributed by atoms with Crippen molar-refractivity contribution >= 4 is 45.2 Å². The molecule has 1 aromatic carbocycles. The Labute approximate surface area is 175 Å². The summed E-state index contributed by atoms with van der Waals surface area (Å²) in [6.07, 6.45) is 0.642. The number of amides is 2. The molecular formula is C17H23Cl2N3O5S. The van der Waals surface area contributed by atoms with Crippen LogP contribution in [0.25, 0.3) is 0 Å². The van der Waals surface area contributed by atoms with E-state index in [0.29, 0.717) is 41.8 Å². The molecule has 0 saturated carbocycles. The lowest BCUT2D eigenvalue weighted by molar-refractivity contribution is -0.133. The van der Waals surface area contributed by atoms with Crippen molar-refractivity contribution in [2.45, 2.75) is 13.5 Å². The molecule has 1 fully saturated rings. The third-order valence-corrected chi connectivity index (χ3v) is 6.22. The highest BCUT2D eigenvalue weighted by Crippen LogP contribution is 2.23. The van der Waals surface area contributed by atoms with Crippen LogP contribution in [0.15, 0.2) is 18.2 Å². The SMILES string of the molecule is CCOC(=O)N1CCN(C(=O)CN(Cc2ccc(Cl)c(Cl)c2)S(C)(=O)=O)CC1. The van der Waals surface area contributed by atoms with Crippen molar-refractivity contribution in [3.63, 3.8) is 0 Å². The summed E-state index contributed by atoms with van der Waals surface area (Å²) in [5, 5.41) is 0.681. The number of carbonyl (C=O) groups is 2. The fourth-order valence-electron chi connectivity index (χ4n) is 2.74. The molecule has 1 aliphatic heterocycles. The van der Waals surface area contributed by atoms with Crippen molar-refractivity contribution in [2.24, 2.45) is 0 Å². The third-order valence-electron chi connectivity index (χ3n) is 4.28. The maximum Gasteiger partial charge on any atom is 0.409 e. The lowest BCUT2D eigenvalue weighted by atomic mass is 10.2. The van der Waals surface area contributed by atoms with E-state index >= 15 is 0 Å². The quantitative estimate of drug-likeness (QED) is 0.660. The number of sulfonamides is 1. The molecule has 0 spiro atoms. The molecule has 0 atom stereocenters. The molecule has 0 aromatic heterocycles. The molecule has 2 amide bonds. The largest absolute Gasteiger partial charge is 0.450 e. The Morgan fingerprint density at radius 2 is 1.71 bits per heavy atom. The van der Waals surface area contributed by atoms with Crippen LogP contribution >= 0.6 is 23.2 Å². The number of hydrogen-bond acceptors (Lipinski definition) is 5. The van der Waals surface area contributed by atoms with E-state index in [4.69, 9.17) is 27.9 Å². The van der Waals surface area contributed by atoms with Crippen LogP contribution in [0.2, 0.25) is 10.0 Å². The second-order valence-corrected chi connectivity index (χ2v) is 9.14. The van der Waals surface area contributed by atoms with Crippen LogP contribution in [0.5, 0.6) is 0 Å². The van der Waals surface area contributed by atoms with Crippen LogP contribution in [-0.4, -0.2) is 80.1 Å². The molecule has 28 heavy (non-hydrogen) atoms. The highest BCUT2D eigenvalue weighted by atomic mass is 35.5. The van der Waals surface area contributed by atoms with Crippen molar-refractivity contribution in [1.29, 1.82) is 0 Å². The Balaban J connectivity index is 2.00. The Morgan fingerprint density at radius 1 is 1.11 bits per heavy atom. The van der Waals surface area contributed by atoms with E-state index in [0.717, 1.165) is 10.6 Å². The van der Waals surface area contributed by atoms with Crippen molar-refractivity contribution in [3.05, 3.63) is 33.8 Å².